The Morgan fingerprint density at radius 3 is 2.76 bits per heavy atom. The molecular formula is C20H18N8S. The summed E-state index contributed by atoms with van der Waals surface area (Å²) in [4.78, 5) is 12.9. The number of thioether (sulfide) groups is 1. The van der Waals surface area contributed by atoms with Crippen LogP contribution in [0.4, 0.5) is 11.6 Å². The molecule has 1 aromatic carbocycles. The molecule has 4 rings (SSSR count). The Kier molecular flexibility index (Phi) is 5.01. The van der Waals surface area contributed by atoms with E-state index in [1.807, 2.05) is 55.8 Å². The van der Waals surface area contributed by atoms with Crippen molar-refractivity contribution in [2.75, 3.05) is 17.3 Å². The fourth-order valence-corrected chi connectivity index (χ4v) is 3.44. The van der Waals surface area contributed by atoms with Gasteiger partial charge in [0.2, 0.25) is 0 Å². The maximum atomic E-state index is 9.51. The summed E-state index contributed by atoms with van der Waals surface area (Å²) in [5, 5.41) is 18.1. The van der Waals surface area contributed by atoms with Gasteiger partial charge in [-0.1, -0.05) is 42.1 Å². The highest BCUT2D eigenvalue weighted by Gasteiger charge is 2.19. The lowest BCUT2D eigenvalue weighted by Gasteiger charge is -2.19. The van der Waals surface area contributed by atoms with Crippen molar-refractivity contribution in [2.45, 2.75) is 18.1 Å². The maximum absolute atomic E-state index is 9.51. The highest BCUT2D eigenvalue weighted by Crippen LogP contribution is 2.31. The number of aromatic nitrogens is 5. The molecule has 3 N–H and O–H groups in total. The van der Waals surface area contributed by atoms with Crippen LogP contribution in [0.2, 0.25) is 0 Å². The molecule has 29 heavy (non-hydrogen) atoms. The van der Waals surface area contributed by atoms with Crippen LogP contribution in [0.15, 0.2) is 53.9 Å². The number of imidazole rings is 1. The third-order valence-electron chi connectivity index (χ3n) is 4.49. The molecular weight excluding hydrogens is 384 g/mol. The number of hydrogen-bond acceptors (Lipinski definition) is 8. The van der Waals surface area contributed by atoms with Crippen LogP contribution in [0.25, 0.3) is 16.9 Å². The van der Waals surface area contributed by atoms with Crippen LogP contribution in [0, 0.1) is 11.3 Å². The second-order valence-electron chi connectivity index (χ2n) is 6.34. The molecule has 0 fully saturated rings. The number of nitrogen functional groups attached to an aromatic ring is 1. The normalized spacial score (nSPS) is 11.9. The zero-order valence-corrected chi connectivity index (χ0v) is 16.7. The number of nitrogens with zero attached hydrogens (tertiary/aromatic N) is 6. The summed E-state index contributed by atoms with van der Waals surface area (Å²) in [5.41, 5.74) is 9.65. The van der Waals surface area contributed by atoms with E-state index in [-0.39, 0.29) is 17.4 Å². The van der Waals surface area contributed by atoms with Crippen molar-refractivity contribution in [3.63, 3.8) is 0 Å². The van der Waals surface area contributed by atoms with Crippen molar-refractivity contribution in [3.05, 3.63) is 59.9 Å². The van der Waals surface area contributed by atoms with Crippen LogP contribution >= 0.6 is 11.8 Å². The summed E-state index contributed by atoms with van der Waals surface area (Å²) in [5.74, 6) is 0.561. The third kappa shape index (κ3) is 3.58. The van der Waals surface area contributed by atoms with Crippen LogP contribution in [-0.2, 0) is 0 Å². The van der Waals surface area contributed by atoms with E-state index in [4.69, 9.17) is 10.8 Å². The molecule has 144 valence electrons. The Hall–Kier alpha value is -3.64. The van der Waals surface area contributed by atoms with E-state index in [1.54, 1.807) is 10.7 Å². The Labute approximate surface area is 171 Å². The number of fused-ring (bicyclic) bond motifs is 1. The van der Waals surface area contributed by atoms with Crippen molar-refractivity contribution >= 4 is 29.0 Å². The SMILES string of the molecule is CSc1nc(N)c(C#N)c(N[C@@H](C)c2cc3nccn3nc2-c2ccccc2)n1. The summed E-state index contributed by atoms with van der Waals surface area (Å²) in [6.07, 6.45) is 5.38. The van der Waals surface area contributed by atoms with E-state index in [0.29, 0.717) is 11.0 Å². The van der Waals surface area contributed by atoms with Crippen molar-refractivity contribution in [3.8, 4) is 17.3 Å². The zero-order valence-electron chi connectivity index (χ0n) is 15.9. The lowest BCUT2D eigenvalue weighted by molar-refractivity contribution is 0.831. The molecule has 3 heterocycles. The third-order valence-corrected chi connectivity index (χ3v) is 5.04. The quantitative estimate of drug-likeness (QED) is 0.384. The minimum atomic E-state index is -0.212. The molecule has 0 aliphatic carbocycles. The molecule has 0 aliphatic rings. The highest BCUT2D eigenvalue weighted by molar-refractivity contribution is 7.98. The second-order valence-corrected chi connectivity index (χ2v) is 7.11. The monoisotopic (exact) mass is 402 g/mol. The fraction of sp³-hybridized carbons (Fsp3) is 0.150. The Balaban J connectivity index is 1.81. The van der Waals surface area contributed by atoms with E-state index in [1.165, 1.54) is 11.8 Å². The van der Waals surface area contributed by atoms with Gasteiger partial charge in [0.15, 0.2) is 16.6 Å². The van der Waals surface area contributed by atoms with Crippen LogP contribution in [0.1, 0.15) is 24.1 Å². The first-order valence-corrected chi connectivity index (χ1v) is 10.1. The van der Waals surface area contributed by atoms with E-state index in [2.05, 4.69) is 26.3 Å². The molecule has 0 bridgehead atoms. The number of anilines is 2. The Morgan fingerprint density at radius 1 is 1.24 bits per heavy atom. The number of nitrogens with one attached hydrogen (secondary N) is 1. The average Bonchev–Trinajstić information content (AvgIpc) is 3.20. The van der Waals surface area contributed by atoms with Crippen molar-refractivity contribution in [1.29, 1.82) is 5.26 Å². The van der Waals surface area contributed by atoms with E-state index >= 15 is 0 Å². The molecule has 0 aliphatic heterocycles. The van der Waals surface area contributed by atoms with Crippen LogP contribution < -0.4 is 11.1 Å². The molecule has 1 atom stereocenters. The van der Waals surface area contributed by atoms with Crippen LogP contribution in [0.5, 0.6) is 0 Å². The lowest BCUT2D eigenvalue weighted by atomic mass is 10.0. The molecule has 8 nitrogen and oxygen atoms in total. The summed E-state index contributed by atoms with van der Waals surface area (Å²) in [6.45, 7) is 1.99. The number of nitrogens with two attached hydrogens (primary N) is 1. The van der Waals surface area contributed by atoms with Crippen LogP contribution in [-0.4, -0.2) is 30.8 Å². The second kappa shape index (κ2) is 7.77. The van der Waals surface area contributed by atoms with Crippen molar-refractivity contribution < 1.29 is 0 Å². The molecule has 0 spiro atoms. The minimum absolute atomic E-state index is 0.159. The molecule has 0 unspecified atom stereocenters. The van der Waals surface area contributed by atoms with Gasteiger partial charge in [-0.15, -0.1) is 0 Å². The van der Waals surface area contributed by atoms with Gasteiger partial charge < -0.3 is 11.1 Å². The number of hydrogen-bond donors (Lipinski definition) is 2. The minimum Gasteiger partial charge on any atom is -0.382 e. The van der Waals surface area contributed by atoms with Gasteiger partial charge in [-0.25, -0.2) is 19.5 Å². The average molecular weight is 402 g/mol. The standard InChI is InChI=1S/C20H18N8S/c1-12(24-19-15(11-21)18(22)25-20(26-19)29-2)14-10-16-23-8-9-28(16)27-17(14)13-6-4-3-5-7-13/h3-10,12H,1-2H3,(H3,22,24,25,26)/t12-/m0/s1. The first-order valence-electron chi connectivity index (χ1n) is 8.88. The van der Waals surface area contributed by atoms with Gasteiger partial charge >= 0.3 is 0 Å². The Morgan fingerprint density at radius 2 is 2.03 bits per heavy atom. The van der Waals surface area contributed by atoms with Gasteiger partial charge in [-0.2, -0.15) is 10.4 Å². The van der Waals surface area contributed by atoms with Gasteiger partial charge in [0.1, 0.15) is 17.5 Å². The Bertz CT molecular complexity index is 1210. The van der Waals surface area contributed by atoms with Crippen molar-refractivity contribution in [1.82, 2.24) is 24.6 Å². The molecule has 9 heteroatoms. The van der Waals surface area contributed by atoms with Crippen LogP contribution in [0.3, 0.4) is 0 Å². The maximum Gasteiger partial charge on any atom is 0.191 e. The van der Waals surface area contributed by atoms with E-state index in [9.17, 15) is 5.26 Å². The predicted molar refractivity (Wildman–Crippen MR) is 113 cm³/mol. The number of benzene rings is 1. The van der Waals surface area contributed by atoms with Crippen molar-refractivity contribution in [2.24, 2.45) is 0 Å². The first-order chi connectivity index (χ1) is 14.1. The molecule has 0 saturated heterocycles. The summed E-state index contributed by atoms with van der Waals surface area (Å²) in [6, 6.07) is 13.8. The van der Waals surface area contributed by atoms with E-state index < -0.39 is 0 Å². The highest BCUT2D eigenvalue weighted by atomic mass is 32.2. The smallest absolute Gasteiger partial charge is 0.191 e. The molecule has 3 aromatic heterocycles. The molecule has 0 saturated carbocycles. The van der Waals surface area contributed by atoms with Gasteiger partial charge in [-0.05, 0) is 19.2 Å². The lowest BCUT2D eigenvalue weighted by Crippen LogP contribution is -2.14. The van der Waals surface area contributed by atoms with Gasteiger partial charge in [0.05, 0.1) is 11.7 Å². The number of nitriles is 1. The summed E-state index contributed by atoms with van der Waals surface area (Å²) in [7, 11) is 0. The van der Waals surface area contributed by atoms with Gasteiger partial charge in [0.25, 0.3) is 0 Å². The van der Waals surface area contributed by atoms with Gasteiger partial charge in [0, 0.05) is 23.5 Å². The topological polar surface area (TPSA) is 118 Å². The largest absolute Gasteiger partial charge is 0.382 e. The van der Waals surface area contributed by atoms with E-state index in [0.717, 1.165) is 22.5 Å². The first kappa shape index (κ1) is 18.7. The summed E-state index contributed by atoms with van der Waals surface area (Å²) >= 11 is 1.36. The summed E-state index contributed by atoms with van der Waals surface area (Å²) < 4.78 is 1.74. The van der Waals surface area contributed by atoms with Gasteiger partial charge in [-0.3, -0.25) is 0 Å². The molecule has 4 aromatic rings. The molecule has 0 amide bonds. The predicted octanol–water partition coefficient (Wildman–Crippen LogP) is 3.54. The number of rotatable bonds is 5. The fourth-order valence-electron chi connectivity index (χ4n) is 3.07. The zero-order chi connectivity index (χ0) is 20.4. The molecule has 0 radical (unpaired) electrons.